The molecular formula is C13H18N2O4. The second-order valence-corrected chi connectivity index (χ2v) is 4.35. The highest BCUT2D eigenvalue weighted by Gasteiger charge is 2.24. The van der Waals surface area contributed by atoms with Crippen LogP contribution in [0.4, 0.5) is 0 Å². The molecule has 19 heavy (non-hydrogen) atoms. The lowest BCUT2D eigenvalue weighted by Crippen LogP contribution is -2.50. The molecule has 1 aromatic rings. The maximum absolute atomic E-state index is 12.0. The zero-order valence-corrected chi connectivity index (χ0v) is 11.0. The number of ether oxygens (including phenoxy) is 1. The van der Waals surface area contributed by atoms with Crippen molar-refractivity contribution in [3.63, 3.8) is 0 Å². The van der Waals surface area contributed by atoms with Crippen LogP contribution in [0, 0.1) is 0 Å². The summed E-state index contributed by atoms with van der Waals surface area (Å²) in [6.07, 6.45) is 1.49. The first kappa shape index (κ1) is 13.6. The molecule has 0 spiro atoms. The third kappa shape index (κ3) is 3.57. The highest BCUT2D eigenvalue weighted by Crippen LogP contribution is 2.09. The first-order chi connectivity index (χ1) is 9.20. The zero-order chi connectivity index (χ0) is 13.7. The van der Waals surface area contributed by atoms with Gasteiger partial charge in [-0.1, -0.05) is 0 Å². The van der Waals surface area contributed by atoms with Crippen molar-refractivity contribution in [3.05, 3.63) is 24.2 Å². The molecule has 0 aliphatic carbocycles. The molecule has 6 nitrogen and oxygen atoms in total. The number of rotatable bonds is 4. The van der Waals surface area contributed by atoms with Gasteiger partial charge in [0.05, 0.1) is 19.4 Å². The summed E-state index contributed by atoms with van der Waals surface area (Å²) in [5.41, 5.74) is 0. The minimum atomic E-state index is -0.215. The van der Waals surface area contributed by atoms with E-state index < -0.39 is 0 Å². The predicted molar refractivity (Wildman–Crippen MR) is 67.7 cm³/mol. The lowest BCUT2D eigenvalue weighted by Gasteiger charge is -2.33. The van der Waals surface area contributed by atoms with Gasteiger partial charge in [-0.15, -0.1) is 0 Å². The van der Waals surface area contributed by atoms with Crippen molar-refractivity contribution < 1.29 is 18.7 Å². The van der Waals surface area contributed by atoms with Crippen molar-refractivity contribution >= 4 is 11.9 Å². The Morgan fingerprint density at radius 1 is 1.32 bits per heavy atom. The number of nitrogens with zero attached hydrogens (tertiary/aromatic N) is 2. The molecule has 1 aliphatic heterocycles. The summed E-state index contributed by atoms with van der Waals surface area (Å²) in [4.78, 5) is 27.1. The fourth-order valence-corrected chi connectivity index (χ4v) is 2.05. The molecule has 0 atom stereocenters. The van der Waals surface area contributed by atoms with E-state index in [1.807, 2.05) is 4.90 Å². The van der Waals surface area contributed by atoms with E-state index in [-0.39, 0.29) is 18.4 Å². The molecule has 0 bridgehead atoms. The monoisotopic (exact) mass is 266 g/mol. The van der Waals surface area contributed by atoms with Gasteiger partial charge in [0, 0.05) is 26.2 Å². The van der Waals surface area contributed by atoms with E-state index >= 15 is 0 Å². The number of furan rings is 1. The standard InChI is InChI=1S/C13H18N2O4/c1-2-18-12(16)10-14-5-7-15(8-6-14)13(17)11-4-3-9-19-11/h3-4,9H,2,5-8,10H2,1H3. The zero-order valence-electron chi connectivity index (χ0n) is 11.0. The fourth-order valence-electron chi connectivity index (χ4n) is 2.05. The van der Waals surface area contributed by atoms with Gasteiger partial charge in [0.25, 0.3) is 5.91 Å². The average Bonchev–Trinajstić information content (AvgIpc) is 2.93. The normalized spacial score (nSPS) is 16.4. The molecule has 1 amide bonds. The van der Waals surface area contributed by atoms with Crippen molar-refractivity contribution in [1.29, 1.82) is 0 Å². The smallest absolute Gasteiger partial charge is 0.320 e. The fraction of sp³-hybridized carbons (Fsp3) is 0.538. The maximum Gasteiger partial charge on any atom is 0.320 e. The van der Waals surface area contributed by atoms with E-state index in [2.05, 4.69) is 0 Å². The van der Waals surface area contributed by atoms with Crippen molar-refractivity contribution in [2.45, 2.75) is 6.92 Å². The molecule has 0 radical (unpaired) electrons. The molecule has 1 aliphatic rings. The predicted octanol–water partition coefficient (Wildman–Crippen LogP) is 0.600. The summed E-state index contributed by atoms with van der Waals surface area (Å²) < 4.78 is 9.99. The second-order valence-electron chi connectivity index (χ2n) is 4.35. The van der Waals surface area contributed by atoms with Crippen LogP contribution < -0.4 is 0 Å². The summed E-state index contributed by atoms with van der Waals surface area (Å²) in [5, 5.41) is 0. The van der Waals surface area contributed by atoms with E-state index in [9.17, 15) is 9.59 Å². The molecule has 1 saturated heterocycles. The van der Waals surface area contributed by atoms with Crippen LogP contribution in [0.15, 0.2) is 22.8 Å². The number of carbonyl (C=O) groups excluding carboxylic acids is 2. The van der Waals surface area contributed by atoms with Crippen LogP contribution in [0.1, 0.15) is 17.5 Å². The van der Waals surface area contributed by atoms with Gasteiger partial charge in [0.15, 0.2) is 5.76 Å². The Labute approximate surface area is 111 Å². The summed E-state index contributed by atoms with van der Waals surface area (Å²) in [6.45, 7) is 5.01. The van der Waals surface area contributed by atoms with Crippen LogP contribution in [0.5, 0.6) is 0 Å². The van der Waals surface area contributed by atoms with Crippen LogP contribution in [0.3, 0.4) is 0 Å². The molecule has 2 rings (SSSR count). The third-order valence-electron chi connectivity index (χ3n) is 3.05. The highest BCUT2D eigenvalue weighted by molar-refractivity contribution is 5.91. The van der Waals surface area contributed by atoms with Gasteiger partial charge in [0.1, 0.15) is 0 Å². The van der Waals surface area contributed by atoms with Crippen molar-refractivity contribution in [2.75, 3.05) is 39.3 Å². The number of hydrogen-bond acceptors (Lipinski definition) is 5. The molecule has 0 aromatic carbocycles. The third-order valence-corrected chi connectivity index (χ3v) is 3.05. The van der Waals surface area contributed by atoms with Gasteiger partial charge >= 0.3 is 5.97 Å². The van der Waals surface area contributed by atoms with Crippen LogP contribution in [-0.4, -0.2) is 61.0 Å². The average molecular weight is 266 g/mol. The van der Waals surface area contributed by atoms with E-state index in [0.717, 1.165) is 0 Å². The van der Waals surface area contributed by atoms with E-state index in [0.29, 0.717) is 38.5 Å². The Balaban J connectivity index is 1.79. The summed E-state index contributed by atoms with van der Waals surface area (Å²) in [5.74, 6) is 0.0490. The number of esters is 1. The van der Waals surface area contributed by atoms with Crippen LogP contribution in [0.25, 0.3) is 0 Å². The number of carbonyl (C=O) groups is 2. The molecule has 6 heteroatoms. The van der Waals surface area contributed by atoms with Gasteiger partial charge in [-0.05, 0) is 19.1 Å². The topological polar surface area (TPSA) is 63.0 Å². The molecule has 1 fully saturated rings. The van der Waals surface area contributed by atoms with Crippen LogP contribution >= 0.6 is 0 Å². The molecule has 0 N–H and O–H groups in total. The first-order valence-electron chi connectivity index (χ1n) is 6.41. The van der Waals surface area contributed by atoms with Gasteiger partial charge in [-0.25, -0.2) is 0 Å². The molecule has 0 saturated carbocycles. The van der Waals surface area contributed by atoms with Crippen molar-refractivity contribution in [2.24, 2.45) is 0 Å². The lowest BCUT2D eigenvalue weighted by atomic mass is 10.3. The van der Waals surface area contributed by atoms with Gasteiger partial charge < -0.3 is 14.1 Å². The molecule has 1 aromatic heterocycles. The number of hydrogen-bond donors (Lipinski definition) is 0. The Hall–Kier alpha value is -1.82. The SMILES string of the molecule is CCOC(=O)CN1CCN(C(=O)c2ccco2)CC1. The second kappa shape index (κ2) is 6.38. The quantitative estimate of drug-likeness (QED) is 0.747. The van der Waals surface area contributed by atoms with E-state index in [1.54, 1.807) is 24.0 Å². The Morgan fingerprint density at radius 3 is 2.63 bits per heavy atom. The van der Waals surface area contributed by atoms with E-state index in [4.69, 9.17) is 9.15 Å². The molecule has 104 valence electrons. The molecule has 2 heterocycles. The van der Waals surface area contributed by atoms with Crippen LogP contribution in [0.2, 0.25) is 0 Å². The Kier molecular flexibility index (Phi) is 4.57. The van der Waals surface area contributed by atoms with Gasteiger partial charge in [0.2, 0.25) is 0 Å². The molecular weight excluding hydrogens is 248 g/mol. The Morgan fingerprint density at radius 2 is 2.05 bits per heavy atom. The summed E-state index contributed by atoms with van der Waals surface area (Å²) in [7, 11) is 0. The summed E-state index contributed by atoms with van der Waals surface area (Å²) >= 11 is 0. The van der Waals surface area contributed by atoms with Crippen molar-refractivity contribution in [1.82, 2.24) is 9.80 Å². The largest absolute Gasteiger partial charge is 0.465 e. The molecule has 0 unspecified atom stereocenters. The highest BCUT2D eigenvalue weighted by atomic mass is 16.5. The Bertz CT molecular complexity index is 422. The van der Waals surface area contributed by atoms with Crippen molar-refractivity contribution in [3.8, 4) is 0 Å². The van der Waals surface area contributed by atoms with Gasteiger partial charge in [-0.2, -0.15) is 0 Å². The summed E-state index contributed by atoms with van der Waals surface area (Å²) in [6, 6.07) is 3.36. The lowest BCUT2D eigenvalue weighted by molar-refractivity contribution is -0.144. The maximum atomic E-state index is 12.0. The van der Waals surface area contributed by atoms with E-state index in [1.165, 1.54) is 6.26 Å². The number of piperazine rings is 1. The minimum absolute atomic E-state index is 0.0965. The minimum Gasteiger partial charge on any atom is -0.465 e. The number of amides is 1. The van der Waals surface area contributed by atoms with Crippen LogP contribution in [-0.2, 0) is 9.53 Å². The first-order valence-corrected chi connectivity index (χ1v) is 6.41. The van der Waals surface area contributed by atoms with Gasteiger partial charge in [-0.3, -0.25) is 14.5 Å².